The maximum absolute atomic E-state index is 12.6. The largest absolute Gasteiger partial charge is 0.372 e. The van der Waals surface area contributed by atoms with Gasteiger partial charge < -0.3 is 4.74 Å². The van der Waals surface area contributed by atoms with Crippen molar-refractivity contribution in [1.29, 1.82) is 0 Å². The zero-order valence-electron chi connectivity index (χ0n) is 17.8. The van der Waals surface area contributed by atoms with Crippen LogP contribution in [0.25, 0.3) is 15.9 Å². The van der Waals surface area contributed by atoms with Crippen molar-refractivity contribution in [2.24, 2.45) is 5.92 Å². The Morgan fingerprint density at radius 1 is 1.28 bits per heavy atom. The molecular formula is C22H21ClN4O2S3. The Kier molecular flexibility index (Phi) is 6.19. The first-order valence-electron chi connectivity index (χ1n) is 10.2. The van der Waals surface area contributed by atoms with Crippen LogP contribution in [0.1, 0.15) is 34.6 Å². The Bertz CT molecular complexity index is 1320. The Morgan fingerprint density at radius 2 is 2.06 bits per heavy atom. The van der Waals surface area contributed by atoms with Gasteiger partial charge in [0, 0.05) is 21.9 Å². The second-order valence-corrected chi connectivity index (χ2v) is 11.2. The van der Waals surface area contributed by atoms with E-state index in [2.05, 4.69) is 24.0 Å². The fraction of sp³-hybridized carbons (Fsp3) is 0.364. The topological polar surface area (TPSA) is 69.4 Å². The molecule has 0 N–H and O–H groups in total. The average Bonchev–Trinajstić information content (AvgIpc) is 3.37. The molecule has 32 heavy (non-hydrogen) atoms. The highest BCUT2D eigenvalue weighted by Gasteiger charge is 2.29. The summed E-state index contributed by atoms with van der Waals surface area (Å²) in [5.74, 6) is 0.725. The molecular weight excluding hydrogens is 484 g/mol. The van der Waals surface area contributed by atoms with Crippen LogP contribution in [-0.2, 0) is 17.8 Å². The van der Waals surface area contributed by atoms with Crippen molar-refractivity contribution in [3.63, 3.8) is 0 Å². The van der Waals surface area contributed by atoms with Crippen molar-refractivity contribution in [2.45, 2.75) is 43.3 Å². The van der Waals surface area contributed by atoms with Gasteiger partial charge in [0.05, 0.1) is 23.8 Å². The third-order valence-corrected chi connectivity index (χ3v) is 8.50. The number of halogens is 1. The Labute approximate surface area is 203 Å². The molecule has 1 aliphatic rings. The molecule has 1 atom stereocenters. The van der Waals surface area contributed by atoms with Gasteiger partial charge in [-0.3, -0.25) is 4.79 Å². The van der Waals surface area contributed by atoms with Crippen LogP contribution in [0.15, 0.2) is 34.6 Å². The zero-order valence-corrected chi connectivity index (χ0v) is 21.0. The minimum Gasteiger partial charge on any atom is -0.372 e. The lowest BCUT2D eigenvalue weighted by atomic mass is 9.96. The smallest absolute Gasteiger partial charge is 0.198 e. The van der Waals surface area contributed by atoms with Crippen LogP contribution in [0.4, 0.5) is 0 Å². The predicted molar refractivity (Wildman–Crippen MR) is 132 cm³/mol. The summed E-state index contributed by atoms with van der Waals surface area (Å²) < 4.78 is 8.05. The molecule has 0 saturated heterocycles. The molecule has 10 heteroatoms. The number of hydrogen-bond acceptors (Lipinski definition) is 8. The first kappa shape index (κ1) is 22.2. The molecule has 4 heterocycles. The van der Waals surface area contributed by atoms with Crippen molar-refractivity contribution in [2.75, 3.05) is 12.0 Å². The second kappa shape index (κ2) is 8.95. The molecule has 1 aromatic carbocycles. The number of thiophene rings is 1. The highest BCUT2D eigenvalue weighted by Crippen LogP contribution is 2.40. The molecule has 1 aliphatic heterocycles. The maximum Gasteiger partial charge on any atom is 0.198 e. The SMILES string of the molecule is CSc1nc2sc3c(c2c2nnc(SCC(=O)c4ccc(Cl)cc4)n12)CC(C(C)C)OC3. The molecule has 0 amide bonds. The summed E-state index contributed by atoms with van der Waals surface area (Å²) in [7, 11) is 0. The lowest BCUT2D eigenvalue weighted by Crippen LogP contribution is -2.26. The van der Waals surface area contributed by atoms with E-state index in [0.717, 1.165) is 27.4 Å². The quantitative estimate of drug-likeness (QED) is 0.187. The lowest BCUT2D eigenvalue weighted by molar-refractivity contribution is 0.00203. The Morgan fingerprint density at radius 3 is 2.78 bits per heavy atom. The summed E-state index contributed by atoms with van der Waals surface area (Å²) in [4.78, 5) is 19.8. The van der Waals surface area contributed by atoms with Gasteiger partial charge in [-0.1, -0.05) is 49.0 Å². The highest BCUT2D eigenvalue weighted by atomic mass is 35.5. The summed E-state index contributed by atoms with van der Waals surface area (Å²) in [6, 6.07) is 6.95. The number of ether oxygens (including phenoxy) is 1. The van der Waals surface area contributed by atoms with E-state index in [9.17, 15) is 4.79 Å². The molecule has 6 nitrogen and oxygen atoms in total. The lowest BCUT2D eigenvalue weighted by Gasteiger charge is -2.26. The van der Waals surface area contributed by atoms with Gasteiger partial charge in [-0.05, 0) is 42.0 Å². The average molecular weight is 505 g/mol. The number of nitrogens with zero attached hydrogens (tertiary/aromatic N) is 4. The molecule has 1 unspecified atom stereocenters. The van der Waals surface area contributed by atoms with Gasteiger partial charge in [0.15, 0.2) is 21.7 Å². The number of Topliss-reactive ketones (excluding diaryl/α,β-unsaturated/α-hetero) is 1. The summed E-state index contributed by atoms with van der Waals surface area (Å²) in [5, 5.41) is 12.2. The standard InChI is InChI=1S/C22H21ClN4O2S3/c1-11(2)16-8-14-17(9-29-16)32-20-18(14)19-25-26-22(27(19)21(24-20)30-3)31-10-15(28)12-4-6-13(23)7-5-12/h4-7,11,16H,8-10H2,1-3H3. The summed E-state index contributed by atoms with van der Waals surface area (Å²) in [6.45, 7) is 4.99. The van der Waals surface area contributed by atoms with Gasteiger partial charge in [-0.2, -0.15) is 0 Å². The number of aromatic nitrogens is 4. The number of benzene rings is 1. The van der Waals surface area contributed by atoms with Crippen LogP contribution in [-0.4, -0.2) is 43.5 Å². The number of hydrogen-bond donors (Lipinski definition) is 0. The minimum atomic E-state index is 0.0213. The van der Waals surface area contributed by atoms with Crippen molar-refractivity contribution >= 4 is 68.1 Å². The number of ketones is 1. The molecule has 0 radical (unpaired) electrons. The van der Waals surface area contributed by atoms with E-state index in [0.29, 0.717) is 28.3 Å². The number of rotatable bonds is 6. The Balaban J connectivity index is 1.52. The monoisotopic (exact) mass is 504 g/mol. The third-order valence-electron chi connectivity index (χ3n) is 5.58. The summed E-state index contributed by atoms with van der Waals surface area (Å²) >= 11 is 10.5. The molecule has 0 bridgehead atoms. The number of carbonyl (C=O) groups excluding carboxylic acids is 1. The maximum atomic E-state index is 12.6. The van der Waals surface area contributed by atoms with Crippen LogP contribution in [0.3, 0.4) is 0 Å². The normalized spacial score (nSPS) is 16.2. The summed E-state index contributed by atoms with van der Waals surface area (Å²) in [6.07, 6.45) is 3.04. The van der Waals surface area contributed by atoms with Crippen LogP contribution in [0.5, 0.6) is 0 Å². The highest BCUT2D eigenvalue weighted by molar-refractivity contribution is 8.00. The van der Waals surface area contributed by atoms with Gasteiger partial charge in [0.25, 0.3) is 0 Å². The van der Waals surface area contributed by atoms with Crippen molar-refractivity contribution in [3.05, 3.63) is 45.3 Å². The first-order chi connectivity index (χ1) is 15.5. The third kappa shape index (κ3) is 3.94. The van der Waals surface area contributed by atoms with E-state index in [1.807, 2.05) is 10.7 Å². The minimum absolute atomic E-state index is 0.0213. The van der Waals surface area contributed by atoms with E-state index < -0.39 is 0 Å². The molecule has 3 aromatic heterocycles. The number of carbonyl (C=O) groups is 1. The van der Waals surface area contributed by atoms with Gasteiger partial charge in [-0.15, -0.1) is 21.5 Å². The fourth-order valence-corrected chi connectivity index (χ4v) is 6.56. The van der Waals surface area contributed by atoms with E-state index in [1.54, 1.807) is 47.4 Å². The van der Waals surface area contributed by atoms with E-state index >= 15 is 0 Å². The van der Waals surface area contributed by atoms with Gasteiger partial charge in [0.1, 0.15) is 4.83 Å². The number of fused-ring (bicyclic) bond motifs is 5. The van der Waals surface area contributed by atoms with E-state index in [1.165, 1.54) is 22.2 Å². The van der Waals surface area contributed by atoms with Gasteiger partial charge >= 0.3 is 0 Å². The number of thioether (sulfide) groups is 2. The van der Waals surface area contributed by atoms with Crippen molar-refractivity contribution in [1.82, 2.24) is 19.6 Å². The fourth-order valence-electron chi connectivity index (χ4n) is 3.83. The first-order valence-corrected chi connectivity index (χ1v) is 13.6. The molecule has 0 aliphatic carbocycles. The zero-order chi connectivity index (χ0) is 22.4. The second-order valence-electron chi connectivity index (χ2n) is 7.94. The molecule has 5 rings (SSSR count). The van der Waals surface area contributed by atoms with Crippen LogP contribution in [0, 0.1) is 5.92 Å². The van der Waals surface area contributed by atoms with E-state index in [-0.39, 0.29) is 17.6 Å². The van der Waals surface area contributed by atoms with Gasteiger partial charge in [0.2, 0.25) is 0 Å². The van der Waals surface area contributed by atoms with Crippen molar-refractivity contribution < 1.29 is 9.53 Å². The van der Waals surface area contributed by atoms with Crippen molar-refractivity contribution in [3.8, 4) is 0 Å². The van der Waals surface area contributed by atoms with Gasteiger partial charge in [-0.25, -0.2) is 9.38 Å². The van der Waals surface area contributed by atoms with Crippen LogP contribution < -0.4 is 0 Å². The molecule has 0 spiro atoms. The summed E-state index contributed by atoms with van der Waals surface area (Å²) in [5.41, 5.74) is 2.72. The predicted octanol–water partition coefficient (Wildman–Crippen LogP) is 5.79. The Hall–Kier alpha value is -1.65. The van der Waals surface area contributed by atoms with E-state index in [4.69, 9.17) is 21.3 Å². The molecule has 0 fully saturated rings. The van der Waals surface area contributed by atoms with Crippen LogP contribution in [0.2, 0.25) is 5.02 Å². The molecule has 166 valence electrons. The van der Waals surface area contributed by atoms with Crippen LogP contribution >= 0.6 is 46.5 Å². The molecule has 0 saturated carbocycles. The molecule has 4 aromatic rings.